The van der Waals surface area contributed by atoms with Gasteiger partial charge in [0.2, 0.25) is 0 Å². The maximum atomic E-state index is 12.6. The number of aromatic nitrogens is 1. The predicted octanol–water partition coefficient (Wildman–Crippen LogP) is 3.82. The Morgan fingerprint density at radius 1 is 1.04 bits per heavy atom. The minimum atomic E-state index is -4.35. The quantitative estimate of drug-likeness (QED) is 0.882. The van der Waals surface area contributed by atoms with E-state index in [0.717, 1.165) is 23.9 Å². The summed E-state index contributed by atoms with van der Waals surface area (Å²) in [6.07, 6.45) is -1.92. The summed E-state index contributed by atoms with van der Waals surface area (Å²) < 4.78 is 37.9. The van der Waals surface area contributed by atoms with Crippen molar-refractivity contribution >= 4 is 11.9 Å². The van der Waals surface area contributed by atoms with Gasteiger partial charge in [0.1, 0.15) is 5.69 Å². The third kappa shape index (κ3) is 4.27. The van der Waals surface area contributed by atoms with E-state index in [1.165, 1.54) is 24.3 Å². The van der Waals surface area contributed by atoms with Crippen LogP contribution in [0.5, 0.6) is 0 Å². The fourth-order valence-electron chi connectivity index (χ4n) is 3.17. The van der Waals surface area contributed by atoms with Crippen LogP contribution in [0.2, 0.25) is 0 Å². The Balaban J connectivity index is 1.61. The largest absolute Gasteiger partial charge is 0.478 e. The number of carboxylic acid groups (broad SMARTS) is 1. The highest BCUT2D eigenvalue weighted by atomic mass is 19.4. The monoisotopic (exact) mass is 378 g/mol. The number of hydrogen-bond acceptors (Lipinski definition) is 3. The number of carbonyl (C=O) groups is 2. The molecule has 0 spiro atoms. The average molecular weight is 378 g/mol. The summed E-state index contributed by atoms with van der Waals surface area (Å²) in [5, 5.41) is 8.86. The second-order valence-electron chi connectivity index (χ2n) is 6.42. The molecule has 3 rings (SSSR count). The molecule has 5 nitrogen and oxygen atoms in total. The number of aromatic carboxylic acids is 1. The molecule has 0 atom stereocenters. The molecule has 0 radical (unpaired) electrons. The normalized spacial score (nSPS) is 15.6. The van der Waals surface area contributed by atoms with E-state index in [0.29, 0.717) is 25.9 Å². The van der Waals surface area contributed by atoms with Gasteiger partial charge in [-0.1, -0.05) is 12.1 Å². The van der Waals surface area contributed by atoms with Gasteiger partial charge in [-0.3, -0.25) is 9.78 Å². The van der Waals surface area contributed by atoms with Crippen molar-refractivity contribution in [3.8, 4) is 0 Å². The number of pyridine rings is 1. The van der Waals surface area contributed by atoms with Gasteiger partial charge in [-0.05, 0) is 48.6 Å². The molecule has 1 fully saturated rings. The van der Waals surface area contributed by atoms with E-state index in [1.807, 2.05) is 0 Å². The van der Waals surface area contributed by atoms with Crippen molar-refractivity contribution in [2.75, 3.05) is 13.1 Å². The van der Waals surface area contributed by atoms with E-state index in [4.69, 9.17) is 5.11 Å². The first kappa shape index (κ1) is 18.9. The summed E-state index contributed by atoms with van der Waals surface area (Å²) in [6.45, 7) is 0.930. The Kier molecular flexibility index (Phi) is 5.16. The highest BCUT2D eigenvalue weighted by Crippen LogP contribution is 2.33. The van der Waals surface area contributed by atoms with Crippen LogP contribution in [0.25, 0.3) is 0 Å². The minimum Gasteiger partial charge on any atom is -0.478 e. The van der Waals surface area contributed by atoms with Crippen LogP contribution < -0.4 is 0 Å². The number of hydrogen-bond donors (Lipinski definition) is 1. The molecule has 0 bridgehead atoms. The molecule has 1 amide bonds. The van der Waals surface area contributed by atoms with Gasteiger partial charge in [0.25, 0.3) is 5.91 Å². The molecular formula is C19H17F3N2O3. The lowest BCUT2D eigenvalue weighted by Crippen LogP contribution is -2.38. The lowest BCUT2D eigenvalue weighted by Gasteiger charge is -2.32. The molecule has 1 aliphatic rings. The number of alkyl halides is 3. The van der Waals surface area contributed by atoms with Crippen molar-refractivity contribution < 1.29 is 27.9 Å². The van der Waals surface area contributed by atoms with Crippen LogP contribution in [0.4, 0.5) is 13.2 Å². The molecule has 0 unspecified atom stereocenters. The number of halogens is 3. The summed E-state index contributed by atoms with van der Waals surface area (Å²) in [6, 6.07) is 7.88. The summed E-state index contributed by atoms with van der Waals surface area (Å²) >= 11 is 0. The second kappa shape index (κ2) is 7.38. The van der Waals surface area contributed by atoms with Crippen molar-refractivity contribution in [1.29, 1.82) is 0 Å². The number of likely N-dealkylation sites (tertiary alicyclic amines) is 1. The fourth-order valence-corrected chi connectivity index (χ4v) is 3.17. The first-order valence-corrected chi connectivity index (χ1v) is 8.41. The van der Waals surface area contributed by atoms with Gasteiger partial charge in [0.05, 0.1) is 11.1 Å². The second-order valence-corrected chi connectivity index (χ2v) is 6.42. The van der Waals surface area contributed by atoms with E-state index in [1.54, 1.807) is 4.90 Å². The van der Waals surface area contributed by atoms with Crippen LogP contribution in [0.1, 0.15) is 50.7 Å². The molecule has 0 aliphatic carbocycles. The van der Waals surface area contributed by atoms with Gasteiger partial charge in [-0.15, -0.1) is 0 Å². The number of piperidine rings is 1. The van der Waals surface area contributed by atoms with Gasteiger partial charge in [-0.2, -0.15) is 13.2 Å². The highest BCUT2D eigenvalue weighted by molar-refractivity contribution is 5.93. The average Bonchev–Trinajstić information content (AvgIpc) is 2.67. The van der Waals surface area contributed by atoms with Crippen molar-refractivity contribution in [3.63, 3.8) is 0 Å². The van der Waals surface area contributed by atoms with Crippen molar-refractivity contribution in [2.24, 2.45) is 0 Å². The third-order valence-corrected chi connectivity index (χ3v) is 4.72. The highest BCUT2D eigenvalue weighted by Gasteiger charge is 2.31. The predicted molar refractivity (Wildman–Crippen MR) is 90.5 cm³/mol. The summed E-state index contributed by atoms with van der Waals surface area (Å²) in [5.74, 6) is -1.30. The topological polar surface area (TPSA) is 70.5 Å². The number of nitrogens with zero attached hydrogens (tertiary/aromatic N) is 2. The first-order chi connectivity index (χ1) is 12.8. The van der Waals surface area contributed by atoms with Gasteiger partial charge < -0.3 is 10.0 Å². The Labute approximate surface area is 153 Å². The number of carbonyl (C=O) groups excluding carboxylic acids is 1. The zero-order valence-corrected chi connectivity index (χ0v) is 14.2. The molecule has 1 aliphatic heterocycles. The third-order valence-electron chi connectivity index (χ3n) is 4.72. The van der Waals surface area contributed by atoms with Gasteiger partial charge >= 0.3 is 12.1 Å². The van der Waals surface area contributed by atoms with E-state index in [-0.39, 0.29) is 23.1 Å². The van der Waals surface area contributed by atoms with E-state index >= 15 is 0 Å². The maximum absolute atomic E-state index is 12.6. The standard InChI is InChI=1S/C19H17F3N2O3/c20-19(21,22)15-4-1-12(2-5-15)13-7-9-24(10-8-13)17(25)16-6-3-14(11-23-16)18(26)27/h1-6,11,13H,7-10H2,(H,26,27). The number of benzene rings is 1. The maximum Gasteiger partial charge on any atom is 0.416 e. The van der Waals surface area contributed by atoms with Gasteiger partial charge in [0.15, 0.2) is 0 Å². The van der Waals surface area contributed by atoms with Gasteiger partial charge in [-0.25, -0.2) is 4.79 Å². The molecule has 1 N–H and O–H groups in total. The Morgan fingerprint density at radius 2 is 1.67 bits per heavy atom. The number of amides is 1. The Bertz CT molecular complexity index is 825. The van der Waals surface area contributed by atoms with E-state index < -0.39 is 17.7 Å². The SMILES string of the molecule is O=C(O)c1ccc(C(=O)N2CCC(c3ccc(C(F)(F)F)cc3)CC2)nc1. The van der Waals surface area contributed by atoms with Crippen LogP contribution in [-0.4, -0.2) is 40.0 Å². The van der Waals surface area contributed by atoms with E-state index in [2.05, 4.69) is 4.98 Å². The molecule has 2 heterocycles. The molecule has 1 saturated heterocycles. The molecule has 2 aromatic rings. The molecule has 142 valence electrons. The van der Waals surface area contributed by atoms with E-state index in [9.17, 15) is 22.8 Å². The molecule has 1 aromatic heterocycles. The molecule has 27 heavy (non-hydrogen) atoms. The number of carboxylic acids is 1. The smallest absolute Gasteiger partial charge is 0.416 e. The molecule has 1 aromatic carbocycles. The van der Waals surface area contributed by atoms with Crippen LogP contribution in [-0.2, 0) is 6.18 Å². The van der Waals surface area contributed by atoms with Crippen LogP contribution in [0, 0.1) is 0 Å². The zero-order valence-electron chi connectivity index (χ0n) is 14.2. The summed E-state index contributed by atoms with van der Waals surface area (Å²) in [7, 11) is 0. The summed E-state index contributed by atoms with van der Waals surface area (Å²) in [5.41, 5.74) is 0.342. The lowest BCUT2D eigenvalue weighted by atomic mass is 9.89. The van der Waals surface area contributed by atoms with Gasteiger partial charge in [0, 0.05) is 19.3 Å². The molecular weight excluding hydrogens is 361 g/mol. The molecule has 0 saturated carbocycles. The van der Waals surface area contributed by atoms with Crippen molar-refractivity contribution in [3.05, 3.63) is 65.0 Å². The number of rotatable bonds is 3. The first-order valence-electron chi connectivity index (χ1n) is 8.41. The lowest BCUT2D eigenvalue weighted by molar-refractivity contribution is -0.137. The Morgan fingerprint density at radius 3 is 2.15 bits per heavy atom. The van der Waals surface area contributed by atoms with Crippen LogP contribution >= 0.6 is 0 Å². The Hall–Kier alpha value is -2.90. The van der Waals surface area contributed by atoms with Crippen molar-refractivity contribution in [2.45, 2.75) is 24.9 Å². The van der Waals surface area contributed by atoms with Crippen LogP contribution in [0.15, 0.2) is 42.6 Å². The fraction of sp³-hybridized carbons (Fsp3) is 0.316. The summed E-state index contributed by atoms with van der Waals surface area (Å²) in [4.78, 5) is 28.8. The minimum absolute atomic E-state index is 0.00700. The van der Waals surface area contributed by atoms with Crippen LogP contribution in [0.3, 0.4) is 0 Å². The van der Waals surface area contributed by atoms with Crippen molar-refractivity contribution in [1.82, 2.24) is 9.88 Å². The molecule has 8 heteroatoms. The zero-order chi connectivity index (χ0) is 19.6.